The molecule has 0 atom stereocenters. The van der Waals surface area contributed by atoms with Crippen molar-refractivity contribution >= 4 is 17.7 Å². The van der Waals surface area contributed by atoms with Gasteiger partial charge in [-0.3, -0.25) is 0 Å². The molecule has 114 valence electrons. The fraction of sp³-hybridized carbons (Fsp3) is 0.125. The minimum absolute atomic E-state index is 0.164. The van der Waals surface area contributed by atoms with Crippen molar-refractivity contribution in [2.45, 2.75) is 13.2 Å². The first kappa shape index (κ1) is 15.5. The van der Waals surface area contributed by atoms with E-state index in [1.165, 1.54) is 6.07 Å². The van der Waals surface area contributed by atoms with Crippen LogP contribution in [0.4, 0.5) is 10.5 Å². The minimum atomic E-state index is -0.705. The molecule has 6 nitrogen and oxygen atoms in total. The number of nitrogens with two attached hydrogens (primary N) is 2. The van der Waals surface area contributed by atoms with E-state index in [4.69, 9.17) is 16.2 Å². The fourth-order valence-corrected chi connectivity index (χ4v) is 1.97. The number of carbonyl (C=O) groups is 2. The van der Waals surface area contributed by atoms with Crippen molar-refractivity contribution in [3.8, 4) is 0 Å². The Bertz CT molecular complexity index is 672. The molecule has 0 bridgehead atoms. The molecule has 0 aliphatic rings. The Balaban J connectivity index is 2.14. The fourth-order valence-electron chi connectivity index (χ4n) is 1.97. The number of rotatable bonds is 5. The molecule has 22 heavy (non-hydrogen) atoms. The standard InChI is InChI=1S/C16H17N3O3/c17-9-12-6-7-13(19-16(18)21)8-14(12)15(20)22-10-11-4-2-1-3-5-11/h1-8H,9-10,17H2,(H3,18,19,21). The van der Waals surface area contributed by atoms with Gasteiger partial charge >= 0.3 is 12.0 Å². The maximum atomic E-state index is 12.2. The van der Waals surface area contributed by atoms with Crippen molar-refractivity contribution in [2.75, 3.05) is 5.32 Å². The Hall–Kier alpha value is -2.86. The zero-order valence-corrected chi connectivity index (χ0v) is 11.9. The highest BCUT2D eigenvalue weighted by Crippen LogP contribution is 2.17. The Morgan fingerprint density at radius 3 is 2.45 bits per heavy atom. The van der Waals surface area contributed by atoms with Crippen molar-refractivity contribution in [1.82, 2.24) is 0 Å². The van der Waals surface area contributed by atoms with Crippen molar-refractivity contribution in [1.29, 1.82) is 0 Å². The molecule has 0 radical (unpaired) electrons. The van der Waals surface area contributed by atoms with Gasteiger partial charge in [-0.05, 0) is 23.3 Å². The molecule has 5 N–H and O–H groups in total. The van der Waals surface area contributed by atoms with Crippen LogP contribution in [0.2, 0.25) is 0 Å². The lowest BCUT2D eigenvalue weighted by Crippen LogP contribution is -2.20. The van der Waals surface area contributed by atoms with Crippen LogP contribution in [0.1, 0.15) is 21.5 Å². The number of ether oxygens (including phenoxy) is 1. The lowest BCUT2D eigenvalue weighted by molar-refractivity contribution is 0.0471. The maximum absolute atomic E-state index is 12.2. The smallest absolute Gasteiger partial charge is 0.338 e. The summed E-state index contributed by atoms with van der Waals surface area (Å²) >= 11 is 0. The van der Waals surface area contributed by atoms with Gasteiger partial charge in [-0.1, -0.05) is 36.4 Å². The molecule has 0 unspecified atom stereocenters. The highest BCUT2D eigenvalue weighted by molar-refractivity contribution is 5.94. The van der Waals surface area contributed by atoms with Crippen molar-refractivity contribution in [2.24, 2.45) is 11.5 Å². The topological polar surface area (TPSA) is 107 Å². The lowest BCUT2D eigenvalue weighted by Gasteiger charge is -2.11. The van der Waals surface area contributed by atoms with E-state index in [1.807, 2.05) is 30.3 Å². The van der Waals surface area contributed by atoms with E-state index in [9.17, 15) is 9.59 Å². The highest BCUT2D eigenvalue weighted by atomic mass is 16.5. The third-order valence-electron chi connectivity index (χ3n) is 3.03. The summed E-state index contributed by atoms with van der Waals surface area (Å²) in [6.07, 6.45) is 0. The zero-order chi connectivity index (χ0) is 15.9. The van der Waals surface area contributed by atoms with Crippen molar-refractivity contribution < 1.29 is 14.3 Å². The molecule has 6 heteroatoms. The van der Waals surface area contributed by atoms with Gasteiger partial charge < -0.3 is 21.5 Å². The summed E-state index contributed by atoms with van der Waals surface area (Å²) in [4.78, 5) is 23.1. The molecule has 2 aromatic rings. The lowest BCUT2D eigenvalue weighted by atomic mass is 10.1. The number of benzene rings is 2. The number of urea groups is 1. The average molecular weight is 299 g/mol. The highest BCUT2D eigenvalue weighted by Gasteiger charge is 2.14. The Morgan fingerprint density at radius 1 is 1.09 bits per heavy atom. The van der Waals surface area contributed by atoms with Crippen LogP contribution < -0.4 is 16.8 Å². The van der Waals surface area contributed by atoms with Gasteiger partial charge in [0.05, 0.1) is 5.56 Å². The number of amides is 2. The SMILES string of the molecule is NCc1ccc(NC(N)=O)cc1C(=O)OCc1ccccc1. The maximum Gasteiger partial charge on any atom is 0.338 e. The third-order valence-corrected chi connectivity index (χ3v) is 3.03. The van der Waals surface area contributed by atoms with Gasteiger partial charge in [0, 0.05) is 12.2 Å². The molecule has 2 amide bonds. The van der Waals surface area contributed by atoms with Crippen molar-refractivity contribution in [3.63, 3.8) is 0 Å². The van der Waals surface area contributed by atoms with E-state index in [2.05, 4.69) is 5.32 Å². The number of primary amides is 1. The molecule has 0 heterocycles. The van der Waals surface area contributed by atoms with Gasteiger partial charge in [0.15, 0.2) is 0 Å². The Kier molecular flexibility index (Phi) is 5.11. The van der Waals surface area contributed by atoms with E-state index in [0.717, 1.165) is 5.56 Å². The molecule has 2 aromatic carbocycles. The van der Waals surface area contributed by atoms with Gasteiger partial charge in [0.25, 0.3) is 0 Å². The van der Waals surface area contributed by atoms with Crippen LogP contribution in [0, 0.1) is 0 Å². The van der Waals surface area contributed by atoms with Gasteiger partial charge in [-0.25, -0.2) is 9.59 Å². The Morgan fingerprint density at radius 2 is 1.82 bits per heavy atom. The first-order valence-corrected chi connectivity index (χ1v) is 6.70. The Labute approximate surface area is 128 Å². The molecule has 0 aliphatic carbocycles. The quantitative estimate of drug-likeness (QED) is 0.734. The monoisotopic (exact) mass is 299 g/mol. The minimum Gasteiger partial charge on any atom is -0.457 e. The summed E-state index contributed by atoms with van der Waals surface area (Å²) in [5, 5.41) is 2.42. The number of anilines is 1. The molecule has 2 rings (SSSR count). The summed E-state index contributed by atoms with van der Waals surface area (Å²) in [6, 6.07) is 13.4. The molecule has 0 saturated heterocycles. The van der Waals surface area contributed by atoms with Crippen LogP contribution in [0.15, 0.2) is 48.5 Å². The normalized spacial score (nSPS) is 10.0. The van der Waals surface area contributed by atoms with Gasteiger partial charge in [0.2, 0.25) is 0 Å². The summed E-state index contributed by atoms with van der Waals surface area (Å²) in [7, 11) is 0. The first-order valence-electron chi connectivity index (χ1n) is 6.70. The number of hydrogen-bond donors (Lipinski definition) is 3. The predicted octanol–water partition coefficient (Wildman–Crippen LogP) is 1.99. The summed E-state index contributed by atoms with van der Waals surface area (Å²) in [5.74, 6) is -0.502. The molecule has 0 spiro atoms. The second-order valence-corrected chi connectivity index (χ2v) is 4.63. The third kappa shape index (κ3) is 4.07. The van der Waals surface area contributed by atoms with E-state index in [-0.39, 0.29) is 13.2 Å². The van der Waals surface area contributed by atoms with Crippen molar-refractivity contribution in [3.05, 3.63) is 65.2 Å². The molecule has 0 aliphatic heterocycles. The van der Waals surface area contributed by atoms with E-state index < -0.39 is 12.0 Å². The van der Waals surface area contributed by atoms with Gasteiger partial charge in [0.1, 0.15) is 6.61 Å². The van der Waals surface area contributed by atoms with E-state index in [0.29, 0.717) is 16.8 Å². The van der Waals surface area contributed by atoms with Crippen LogP contribution in [0.25, 0.3) is 0 Å². The number of esters is 1. The summed E-state index contributed by atoms with van der Waals surface area (Å²) in [5.41, 5.74) is 12.9. The second kappa shape index (κ2) is 7.24. The number of hydrogen-bond acceptors (Lipinski definition) is 4. The van der Waals surface area contributed by atoms with Gasteiger partial charge in [-0.2, -0.15) is 0 Å². The van der Waals surface area contributed by atoms with Crippen LogP contribution in [-0.4, -0.2) is 12.0 Å². The van der Waals surface area contributed by atoms with E-state index in [1.54, 1.807) is 12.1 Å². The van der Waals surface area contributed by atoms with Crippen LogP contribution >= 0.6 is 0 Å². The van der Waals surface area contributed by atoms with Gasteiger partial charge in [-0.15, -0.1) is 0 Å². The van der Waals surface area contributed by atoms with Crippen LogP contribution in [0.3, 0.4) is 0 Å². The summed E-state index contributed by atoms with van der Waals surface area (Å²) < 4.78 is 5.28. The van der Waals surface area contributed by atoms with E-state index >= 15 is 0 Å². The largest absolute Gasteiger partial charge is 0.457 e. The molecule has 0 fully saturated rings. The predicted molar refractivity (Wildman–Crippen MR) is 83.1 cm³/mol. The first-order chi connectivity index (χ1) is 10.6. The molecule has 0 saturated carbocycles. The second-order valence-electron chi connectivity index (χ2n) is 4.63. The molecule has 0 aromatic heterocycles. The molecular weight excluding hydrogens is 282 g/mol. The van der Waals surface area contributed by atoms with Crippen LogP contribution in [0.5, 0.6) is 0 Å². The zero-order valence-electron chi connectivity index (χ0n) is 11.9. The van der Waals surface area contributed by atoms with Crippen LogP contribution in [-0.2, 0) is 17.9 Å². The molecular formula is C16H17N3O3. The average Bonchev–Trinajstić information content (AvgIpc) is 2.53. The number of carbonyl (C=O) groups excluding carboxylic acids is 2. The number of nitrogens with one attached hydrogen (secondary N) is 1. The summed E-state index contributed by atoms with van der Waals surface area (Å²) in [6.45, 7) is 0.351.